The first-order chi connectivity index (χ1) is 15.0. The van der Waals surface area contributed by atoms with Gasteiger partial charge in [0.15, 0.2) is 5.69 Å². The molecule has 0 atom stereocenters. The van der Waals surface area contributed by atoms with Crippen LogP contribution in [0, 0.1) is 6.92 Å². The van der Waals surface area contributed by atoms with E-state index in [2.05, 4.69) is 10.1 Å². The summed E-state index contributed by atoms with van der Waals surface area (Å²) in [4.78, 5) is 30.7. The Hall–Kier alpha value is -3.68. The third kappa shape index (κ3) is 4.14. The van der Waals surface area contributed by atoms with Gasteiger partial charge in [0, 0.05) is 42.7 Å². The number of aryl methyl sites for hydroxylation is 3. The Kier molecular flexibility index (Phi) is 5.70. The average molecular weight is 420 g/mol. The lowest BCUT2D eigenvalue weighted by atomic mass is 10.0. The van der Waals surface area contributed by atoms with Crippen LogP contribution in [0.5, 0.6) is 5.75 Å². The number of rotatable bonds is 6. The predicted octanol–water partition coefficient (Wildman–Crippen LogP) is 2.73. The van der Waals surface area contributed by atoms with Crippen LogP contribution < -0.4 is 4.74 Å². The van der Waals surface area contributed by atoms with Crippen molar-refractivity contribution in [1.82, 2.24) is 19.7 Å². The lowest BCUT2D eigenvalue weighted by Gasteiger charge is -2.28. The predicted molar refractivity (Wildman–Crippen MR) is 113 cm³/mol. The van der Waals surface area contributed by atoms with Crippen LogP contribution in [0.1, 0.15) is 43.4 Å². The van der Waals surface area contributed by atoms with Crippen molar-refractivity contribution in [1.29, 1.82) is 0 Å². The molecule has 0 saturated carbocycles. The number of methoxy groups -OCH3 is 1. The number of carboxylic acid groups (broad SMARTS) is 1. The summed E-state index contributed by atoms with van der Waals surface area (Å²) in [7, 11) is 1.63. The van der Waals surface area contributed by atoms with Crippen LogP contribution in [0.4, 0.5) is 0 Å². The zero-order valence-electron chi connectivity index (χ0n) is 17.5. The number of fused-ring (bicyclic) bond motifs is 1. The smallest absolute Gasteiger partial charge is 0.356 e. The Morgan fingerprint density at radius 3 is 2.65 bits per heavy atom. The second-order valence-corrected chi connectivity index (χ2v) is 7.51. The Balaban J connectivity index is 1.55. The number of nitrogens with zero attached hydrogens (tertiary/aromatic N) is 4. The number of pyridine rings is 1. The minimum atomic E-state index is -1.08. The number of aromatic carboxylic acids is 1. The average Bonchev–Trinajstić information content (AvgIpc) is 3.16. The molecular formula is C23H24N4O4. The van der Waals surface area contributed by atoms with Crippen LogP contribution in [0.15, 0.2) is 42.6 Å². The van der Waals surface area contributed by atoms with Crippen molar-refractivity contribution in [2.24, 2.45) is 0 Å². The number of carbonyl (C=O) groups is 2. The van der Waals surface area contributed by atoms with Crippen molar-refractivity contribution < 1.29 is 19.4 Å². The molecule has 1 amide bonds. The van der Waals surface area contributed by atoms with Gasteiger partial charge in [0.25, 0.3) is 5.91 Å². The fourth-order valence-corrected chi connectivity index (χ4v) is 3.93. The van der Waals surface area contributed by atoms with Crippen molar-refractivity contribution >= 4 is 11.9 Å². The van der Waals surface area contributed by atoms with E-state index in [1.165, 1.54) is 0 Å². The van der Waals surface area contributed by atoms with E-state index in [1.54, 1.807) is 41.9 Å². The first-order valence-corrected chi connectivity index (χ1v) is 10.1. The second-order valence-electron chi connectivity index (χ2n) is 7.51. The molecule has 0 radical (unpaired) electrons. The highest BCUT2D eigenvalue weighted by molar-refractivity contribution is 5.95. The number of carbonyl (C=O) groups excluding carboxylic acids is 1. The summed E-state index contributed by atoms with van der Waals surface area (Å²) in [5, 5.41) is 14.0. The molecule has 4 rings (SSSR count). The summed E-state index contributed by atoms with van der Waals surface area (Å²) >= 11 is 0. The van der Waals surface area contributed by atoms with Gasteiger partial charge in [0.2, 0.25) is 0 Å². The Morgan fingerprint density at radius 2 is 1.97 bits per heavy atom. The third-order valence-corrected chi connectivity index (χ3v) is 5.63. The first kappa shape index (κ1) is 20.6. The van der Waals surface area contributed by atoms with Gasteiger partial charge in [0.05, 0.1) is 19.2 Å². The molecule has 0 spiro atoms. The Labute approximate surface area is 180 Å². The Bertz CT molecular complexity index is 1120. The molecule has 1 aliphatic rings. The molecule has 3 heterocycles. The van der Waals surface area contributed by atoms with Crippen molar-refractivity contribution in [3.05, 3.63) is 76.4 Å². The molecule has 2 aromatic heterocycles. The zero-order chi connectivity index (χ0) is 22.0. The molecule has 1 aromatic carbocycles. The van der Waals surface area contributed by atoms with Crippen LogP contribution in [0.2, 0.25) is 0 Å². The normalized spacial score (nSPS) is 13.0. The third-order valence-electron chi connectivity index (χ3n) is 5.63. The number of hydrogen-bond acceptors (Lipinski definition) is 5. The van der Waals surface area contributed by atoms with Gasteiger partial charge in [-0.3, -0.25) is 14.5 Å². The maximum Gasteiger partial charge on any atom is 0.356 e. The molecule has 3 aromatic rings. The highest BCUT2D eigenvalue weighted by Crippen LogP contribution is 2.25. The van der Waals surface area contributed by atoms with Gasteiger partial charge < -0.3 is 14.7 Å². The van der Waals surface area contributed by atoms with Crippen LogP contribution >= 0.6 is 0 Å². The molecule has 31 heavy (non-hydrogen) atoms. The number of aromatic nitrogens is 3. The van der Waals surface area contributed by atoms with Crippen molar-refractivity contribution in [2.75, 3.05) is 13.7 Å². The van der Waals surface area contributed by atoms with Gasteiger partial charge in [0.1, 0.15) is 5.75 Å². The van der Waals surface area contributed by atoms with Crippen molar-refractivity contribution in [2.45, 2.75) is 32.9 Å². The highest BCUT2D eigenvalue weighted by Gasteiger charge is 2.30. The van der Waals surface area contributed by atoms with E-state index in [1.807, 2.05) is 24.3 Å². The van der Waals surface area contributed by atoms with E-state index in [0.717, 1.165) is 17.0 Å². The quantitative estimate of drug-likeness (QED) is 0.659. The van der Waals surface area contributed by atoms with Gasteiger partial charge in [-0.15, -0.1) is 0 Å². The first-order valence-electron chi connectivity index (χ1n) is 10.1. The molecule has 8 heteroatoms. The summed E-state index contributed by atoms with van der Waals surface area (Å²) in [5.41, 5.74) is 3.83. The van der Waals surface area contributed by atoms with Crippen molar-refractivity contribution in [3.8, 4) is 5.75 Å². The molecule has 0 unspecified atom stereocenters. The van der Waals surface area contributed by atoms with Gasteiger partial charge >= 0.3 is 5.97 Å². The van der Waals surface area contributed by atoms with E-state index in [4.69, 9.17) is 4.74 Å². The van der Waals surface area contributed by atoms with Crippen LogP contribution in [-0.4, -0.2) is 50.3 Å². The van der Waals surface area contributed by atoms with Gasteiger partial charge in [-0.2, -0.15) is 5.10 Å². The van der Waals surface area contributed by atoms with Gasteiger partial charge in [-0.25, -0.2) is 4.79 Å². The van der Waals surface area contributed by atoms with Crippen LogP contribution in [0.25, 0.3) is 0 Å². The van der Waals surface area contributed by atoms with E-state index in [0.29, 0.717) is 42.8 Å². The summed E-state index contributed by atoms with van der Waals surface area (Å²) in [6, 6.07) is 11.3. The monoisotopic (exact) mass is 420 g/mol. The van der Waals surface area contributed by atoms with Gasteiger partial charge in [-0.05, 0) is 43.2 Å². The van der Waals surface area contributed by atoms with E-state index in [9.17, 15) is 14.7 Å². The molecule has 0 aliphatic carbocycles. The fourth-order valence-electron chi connectivity index (χ4n) is 3.93. The number of benzene rings is 1. The molecule has 1 N–H and O–H groups in total. The summed E-state index contributed by atoms with van der Waals surface area (Å²) < 4.78 is 6.96. The maximum atomic E-state index is 13.0. The number of carboxylic acids is 1. The van der Waals surface area contributed by atoms with Gasteiger partial charge in [-0.1, -0.05) is 12.1 Å². The minimum absolute atomic E-state index is 0.0186. The maximum absolute atomic E-state index is 13.0. The van der Waals surface area contributed by atoms with Crippen molar-refractivity contribution in [3.63, 3.8) is 0 Å². The number of ether oxygens (including phenoxy) is 1. The molecule has 0 bridgehead atoms. The number of amides is 1. The molecular weight excluding hydrogens is 396 g/mol. The SMILES string of the molecule is COc1ccc(CCn2nc(C(=O)O)c3c2CCN(C(=O)c2cccnc2C)C3)cc1. The Morgan fingerprint density at radius 1 is 1.19 bits per heavy atom. The van der Waals surface area contributed by atoms with E-state index >= 15 is 0 Å². The number of hydrogen-bond donors (Lipinski definition) is 1. The standard InChI is InChI=1S/C23H24N4O4/c1-15-18(4-3-11-24-15)22(28)26-12-10-20-19(14-26)21(23(29)30)25-27(20)13-9-16-5-7-17(31-2)8-6-16/h3-8,11H,9-10,12-14H2,1-2H3,(H,29,30). The summed E-state index contributed by atoms with van der Waals surface area (Å²) in [6.45, 7) is 3.10. The zero-order valence-corrected chi connectivity index (χ0v) is 17.5. The molecule has 1 aliphatic heterocycles. The largest absolute Gasteiger partial charge is 0.497 e. The minimum Gasteiger partial charge on any atom is -0.497 e. The van der Waals surface area contributed by atoms with Crippen LogP contribution in [0.3, 0.4) is 0 Å². The molecule has 8 nitrogen and oxygen atoms in total. The topological polar surface area (TPSA) is 97.5 Å². The molecule has 0 fully saturated rings. The lowest BCUT2D eigenvalue weighted by Crippen LogP contribution is -2.37. The lowest BCUT2D eigenvalue weighted by molar-refractivity contribution is 0.0673. The van der Waals surface area contributed by atoms with Crippen LogP contribution in [-0.2, 0) is 25.9 Å². The summed E-state index contributed by atoms with van der Waals surface area (Å²) in [5.74, 6) is -0.424. The molecule has 0 saturated heterocycles. The van der Waals surface area contributed by atoms with E-state index in [-0.39, 0.29) is 18.1 Å². The fraction of sp³-hybridized carbons (Fsp3) is 0.304. The molecule has 160 valence electrons. The highest BCUT2D eigenvalue weighted by atomic mass is 16.5. The van der Waals surface area contributed by atoms with E-state index < -0.39 is 5.97 Å². The summed E-state index contributed by atoms with van der Waals surface area (Å²) in [6.07, 6.45) is 2.92. The second kappa shape index (κ2) is 8.59.